The van der Waals surface area contributed by atoms with Gasteiger partial charge < -0.3 is 20.3 Å². The number of hydrogen-bond donors (Lipinski definition) is 3. The molecule has 3 N–H and O–H groups in total. The van der Waals surface area contributed by atoms with E-state index in [0.717, 1.165) is 24.8 Å². The highest BCUT2D eigenvalue weighted by Gasteiger charge is 2.67. The minimum absolute atomic E-state index is 0.0314. The largest absolute Gasteiger partial charge is 0.448 e. The summed E-state index contributed by atoms with van der Waals surface area (Å²) in [6.45, 7) is 8.32. The van der Waals surface area contributed by atoms with E-state index in [2.05, 4.69) is 18.8 Å². The summed E-state index contributed by atoms with van der Waals surface area (Å²) in [6.07, 6.45) is 6.53. The topological polar surface area (TPSA) is 95.9 Å². The number of rotatable bonds is 2. The van der Waals surface area contributed by atoms with Gasteiger partial charge in [0.2, 0.25) is 5.60 Å². The Morgan fingerprint density at radius 2 is 1.86 bits per heavy atom. The molecule has 1 aromatic carbocycles. The SMILES string of the molecule is C=C1[C@@H](C)C2[C@H](Cc3ccccc3)NC(=O)[C@]23OC(=O)CC[C@H](O)CCC[C@H](C)CC=C[C@H]3[C@@H]1O. The van der Waals surface area contributed by atoms with Crippen molar-refractivity contribution >= 4 is 11.9 Å². The fraction of sp³-hybridized carbons (Fsp3) is 0.586. The molecule has 3 aliphatic rings. The Labute approximate surface area is 208 Å². The van der Waals surface area contributed by atoms with Crippen LogP contribution in [0.25, 0.3) is 0 Å². The number of ether oxygens (including phenoxy) is 1. The molecule has 6 nitrogen and oxygen atoms in total. The van der Waals surface area contributed by atoms with Crippen LogP contribution in [-0.4, -0.2) is 45.9 Å². The number of hydrogen-bond acceptors (Lipinski definition) is 5. The number of esters is 1. The van der Waals surface area contributed by atoms with E-state index in [1.165, 1.54) is 0 Å². The molecule has 35 heavy (non-hydrogen) atoms. The van der Waals surface area contributed by atoms with Crippen molar-refractivity contribution in [3.63, 3.8) is 0 Å². The number of aliphatic hydroxyl groups excluding tert-OH is 2. The first kappa shape index (κ1) is 25.6. The average Bonchev–Trinajstić information content (AvgIpc) is 3.09. The number of nitrogens with one attached hydrogen (secondary N) is 1. The maximum absolute atomic E-state index is 13.8. The summed E-state index contributed by atoms with van der Waals surface area (Å²) in [4.78, 5) is 26.9. The summed E-state index contributed by atoms with van der Waals surface area (Å²) < 4.78 is 6.14. The van der Waals surface area contributed by atoms with Gasteiger partial charge in [-0.2, -0.15) is 0 Å². The van der Waals surface area contributed by atoms with Gasteiger partial charge in [0.25, 0.3) is 5.91 Å². The van der Waals surface area contributed by atoms with Gasteiger partial charge in [-0.05, 0) is 48.7 Å². The zero-order valence-corrected chi connectivity index (χ0v) is 20.9. The second-order valence-electron chi connectivity index (χ2n) is 10.8. The fourth-order valence-corrected chi connectivity index (χ4v) is 6.30. The Hall–Kier alpha value is -2.44. The van der Waals surface area contributed by atoms with Gasteiger partial charge in [-0.1, -0.05) is 75.8 Å². The van der Waals surface area contributed by atoms with E-state index in [4.69, 9.17) is 4.74 Å². The van der Waals surface area contributed by atoms with Crippen molar-refractivity contribution in [2.75, 3.05) is 0 Å². The van der Waals surface area contributed by atoms with Crippen molar-refractivity contribution < 1.29 is 24.5 Å². The van der Waals surface area contributed by atoms with Crippen LogP contribution in [0.5, 0.6) is 0 Å². The molecule has 6 heteroatoms. The normalized spacial score (nSPS) is 38.6. The minimum Gasteiger partial charge on any atom is -0.448 e. The van der Waals surface area contributed by atoms with Gasteiger partial charge in [0, 0.05) is 18.4 Å². The van der Waals surface area contributed by atoms with Crippen LogP contribution < -0.4 is 5.32 Å². The molecule has 2 heterocycles. The summed E-state index contributed by atoms with van der Waals surface area (Å²) in [5.41, 5.74) is 0.219. The molecule has 2 fully saturated rings. The van der Waals surface area contributed by atoms with Gasteiger partial charge in [0.1, 0.15) is 0 Å². The molecule has 0 radical (unpaired) electrons. The molecule has 1 saturated heterocycles. The molecule has 1 amide bonds. The van der Waals surface area contributed by atoms with Gasteiger partial charge in [-0.25, -0.2) is 0 Å². The van der Waals surface area contributed by atoms with Gasteiger partial charge in [-0.15, -0.1) is 0 Å². The number of carbonyl (C=O) groups is 2. The molecule has 0 aromatic heterocycles. The number of aliphatic hydroxyl groups is 2. The van der Waals surface area contributed by atoms with Crippen LogP contribution in [0.3, 0.4) is 0 Å². The van der Waals surface area contributed by atoms with Gasteiger partial charge in [-0.3, -0.25) is 9.59 Å². The van der Waals surface area contributed by atoms with E-state index in [9.17, 15) is 19.8 Å². The van der Waals surface area contributed by atoms with E-state index in [1.807, 2.05) is 49.4 Å². The predicted octanol–water partition coefficient (Wildman–Crippen LogP) is 3.72. The van der Waals surface area contributed by atoms with Gasteiger partial charge in [0.15, 0.2) is 0 Å². The van der Waals surface area contributed by atoms with Crippen LogP contribution in [0.1, 0.15) is 57.9 Å². The lowest BCUT2D eigenvalue weighted by atomic mass is 9.59. The molecule has 8 atom stereocenters. The molecule has 1 unspecified atom stereocenters. The molecule has 2 aliphatic heterocycles. The molecular formula is C29H39NO5. The highest BCUT2D eigenvalue weighted by Crippen LogP contribution is 2.52. The zero-order chi connectivity index (χ0) is 25.2. The summed E-state index contributed by atoms with van der Waals surface area (Å²) in [6, 6.07) is 9.66. The molecular weight excluding hydrogens is 442 g/mol. The molecule has 190 valence electrons. The lowest BCUT2D eigenvalue weighted by molar-refractivity contribution is -0.187. The molecule has 0 bridgehead atoms. The average molecular weight is 482 g/mol. The van der Waals surface area contributed by atoms with Crippen molar-refractivity contribution in [3.05, 3.63) is 60.2 Å². The minimum atomic E-state index is -1.52. The van der Waals surface area contributed by atoms with Crippen LogP contribution in [-0.2, 0) is 20.7 Å². The highest BCUT2D eigenvalue weighted by atomic mass is 16.6. The van der Waals surface area contributed by atoms with E-state index in [1.54, 1.807) is 0 Å². The van der Waals surface area contributed by atoms with Crippen molar-refractivity contribution in [3.8, 4) is 0 Å². The third-order valence-electron chi connectivity index (χ3n) is 8.32. The number of benzene rings is 1. The molecule has 1 aromatic rings. The maximum Gasteiger partial charge on any atom is 0.306 e. The lowest BCUT2D eigenvalue weighted by Gasteiger charge is -2.49. The zero-order valence-electron chi connectivity index (χ0n) is 20.9. The van der Waals surface area contributed by atoms with Crippen LogP contribution in [0.2, 0.25) is 0 Å². The molecule has 1 spiro atoms. The lowest BCUT2D eigenvalue weighted by Crippen LogP contribution is -2.61. The van der Waals surface area contributed by atoms with Gasteiger partial charge >= 0.3 is 5.97 Å². The van der Waals surface area contributed by atoms with Crippen molar-refractivity contribution in [1.82, 2.24) is 5.32 Å². The Kier molecular flexibility index (Phi) is 7.82. The first-order valence-corrected chi connectivity index (χ1v) is 13.0. The van der Waals surface area contributed by atoms with Crippen molar-refractivity contribution in [1.29, 1.82) is 0 Å². The third kappa shape index (κ3) is 5.10. The van der Waals surface area contributed by atoms with E-state index >= 15 is 0 Å². The summed E-state index contributed by atoms with van der Waals surface area (Å²) in [7, 11) is 0. The monoisotopic (exact) mass is 481 g/mol. The second-order valence-corrected chi connectivity index (χ2v) is 10.8. The quantitative estimate of drug-likeness (QED) is 0.442. The molecule has 1 saturated carbocycles. The third-order valence-corrected chi connectivity index (χ3v) is 8.32. The van der Waals surface area contributed by atoms with Crippen LogP contribution in [0, 0.1) is 23.7 Å². The maximum atomic E-state index is 13.8. The van der Waals surface area contributed by atoms with E-state index in [-0.39, 0.29) is 30.2 Å². The first-order chi connectivity index (χ1) is 16.7. The van der Waals surface area contributed by atoms with Crippen LogP contribution in [0.15, 0.2) is 54.6 Å². The molecule has 1 aliphatic carbocycles. The highest BCUT2D eigenvalue weighted by molar-refractivity contribution is 5.92. The summed E-state index contributed by atoms with van der Waals surface area (Å²) in [5, 5.41) is 24.8. The van der Waals surface area contributed by atoms with Gasteiger partial charge in [0.05, 0.1) is 18.1 Å². The fourth-order valence-electron chi connectivity index (χ4n) is 6.30. The Morgan fingerprint density at radius 1 is 1.11 bits per heavy atom. The second kappa shape index (κ2) is 10.7. The number of carbonyl (C=O) groups excluding carboxylic acids is 2. The van der Waals surface area contributed by atoms with Crippen LogP contribution in [0.4, 0.5) is 0 Å². The standard InChI is InChI=1S/C29H39NO5/c1-18-9-7-13-22(31)15-16-25(32)35-29-23(14-8-10-18)27(33)20(3)19(2)26(29)24(30-28(29)34)17-21-11-5-4-6-12-21/h4-6,8,11-12,14,18-19,22-24,26-27,31,33H,3,7,9-10,13,15-17H2,1-2H3,(H,30,34)/t18-,19+,22+,23-,24-,26?,27+,29+/m0/s1. The Balaban J connectivity index is 1.75. The summed E-state index contributed by atoms with van der Waals surface area (Å²) >= 11 is 0. The number of allylic oxidation sites excluding steroid dienone is 1. The summed E-state index contributed by atoms with van der Waals surface area (Å²) in [5.74, 6) is -1.80. The Morgan fingerprint density at radius 3 is 2.60 bits per heavy atom. The van der Waals surface area contributed by atoms with Crippen molar-refractivity contribution in [2.24, 2.45) is 23.7 Å². The predicted molar refractivity (Wildman–Crippen MR) is 134 cm³/mol. The van der Waals surface area contributed by atoms with E-state index < -0.39 is 29.7 Å². The Bertz CT molecular complexity index is 959. The smallest absolute Gasteiger partial charge is 0.306 e. The van der Waals surface area contributed by atoms with Crippen molar-refractivity contribution in [2.45, 2.75) is 82.6 Å². The molecule has 4 rings (SSSR count). The van der Waals surface area contributed by atoms with E-state index in [0.29, 0.717) is 30.8 Å². The first-order valence-electron chi connectivity index (χ1n) is 13.0. The van der Waals surface area contributed by atoms with Crippen LogP contribution >= 0.6 is 0 Å². The number of amides is 1.